The molecule has 0 radical (unpaired) electrons. The van der Waals surface area contributed by atoms with Gasteiger partial charge < -0.3 is 10.1 Å². The van der Waals surface area contributed by atoms with Crippen LogP contribution in [0.1, 0.15) is 25.0 Å². The number of carbonyl (C=O) groups is 1. The van der Waals surface area contributed by atoms with Crippen molar-refractivity contribution in [1.82, 2.24) is 5.32 Å². The quantitative estimate of drug-likeness (QED) is 0.768. The summed E-state index contributed by atoms with van der Waals surface area (Å²) in [6.45, 7) is 5.43. The zero-order chi connectivity index (χ0) is 12.7. The van der Waals surface area contributed by atoms with Crippen LogP contribution >= 0.6 is 0 Å². The third-order valence-electron chi connectivity index (χ3n) is 2.81. The van der Waals surface area contributed by atoms with Crippen LogP contribution in [0.15, 0.2) is 24.3 Å². The molecule has 1 atom stereocenters. The number of hydrogen-bond donors (Lipinski definition) is 1. The first kappa shape index (κ1) is 13.7. The van der Waals surface area contributed by atoms with Crippen molar-refractivity contribution in [3.05, 3.63) is 35.4 Å². The lowest BCUT2D eigenvalue weighted by Gasteiger charge is -2.10. The molecule has 1 N–H and O–H groups in total. The van der Waals surface area contributed by atoms with Gasteiger partial charge in [-0.05, 0) is 17.5 Å². The molecule has 0 spiro atoms. The van der Waals surface area contributed by atoms with Gasteiger partial charge in [-0.3, -0.25) is 4.79 Å². The molecule has 0 fully saturated rings. The molecule has 0 saturated carbocycles. The van der Waals surface area contributed by atoms with Crippen molar-refractivity contribution >= 4 is 5.97 Å². The first-order valence-electron chi connectivity index (χ1n) is 6.03. The van der Waals surface area contributed by atoms with Crippen molar-refractivity contribution in [2.75, 3.05) is 13.7 Å². The van der Waals surface area contributed by atoms with Gasteiger partial charge in [0.2, 0.25) is 0 Å². The smallest absolute Gasteiger partial charge is 0.309 e. The van der Waals surface area contributed by atoms with Gasteiger partial charge in [-0.1, -0.05) is 38.1 Å². The van der Waals surface area contributed by atoms with Crippen LogP contribution in [0, 0.1) is 5.92 Å². The van der Waals surface area contributed by atoms with Gasteiger partial charge in [0.25, 0.3) is 0 Å². The number of hydrogen-bond acceptors (Lipinski definition) is 3. The third kappa shape index (κ3) is 4.57. The normalized spacial score (nSPS) is 12.2. The second-order valence-electron chi connectivity index (χ2n) is 4.23. The molecule has 3 nitrogen and oxygen atoms in total. The number of benzene rings is 1. The largest absolute Gasteiger partial charge is 0.469 e. The maximum Gasteiger partial charge on any atom is 0.309 e. The van der Waals surface area contributed by atoms with Gasteiger partial charge in [-0.2, -0.15) is 0 Å². The van der Waals surface area contributed by atoms with Gasteiger partial charge in [0, 0.05) is 13.1 Å². The van der Waals surface area contributed by atoms with E-state index in [1.807, 2.05) is 6.92 Å². The number of rotatable bonds is 6. The number of aryl methyl sites for hydroxylation is 1. The minimum Gasteiger partial charge on any atom is -0.469 e. The molecule has 0 bridgehead atoms. The van der Waals surface area contributed by atoms with E-state index in [1.165, 1.54) is 18.2 Å². The Morgan fingerprint density at radius 2 is 1.88 bits per heavy atom. The van der Waals surface area contributed by atoms with E-state index in [9.17, 15) is 4.79 Å². The fourth-order valence-electron chi connectivity index (χ4n) is 1.61. The highest BCUT2D eigenvalue weighted by Gasteiger charge is 2.11. The van der Waals surface area contributed by atoms with Crippen LogP contribution in [0.3, 0.4) is 0 Å². The molecule has 1 rings (SSSR count). The molecular formula is C14H21NO2. The van der Waals surface area contributed by atoms with E-state index in [0.717, 1.165) is 13.0 Å². The summed E-state index contributed by atoms with van der Waals surface area (Å²) in [7, 11) is 1.42. The summed E-state index contributed by atoms with van der Waals surface area (Å²) in [5.74, 6) is -0.270. The predicted molar refractivity (Wildman–Crippen MR) is 68.7 cm³/mol. The highest BCUT2D eigenvalue weighted by atomic mass is 16.5. The lowest BCUT2D eigenvalue weighted by molar-refractivity contribution is -0.144. The lowest BCUT2D eigenvalue weighted by atomic mass is 10.1. The van der Waals surface area contributed by atoms with E-state index in [4.69, 9.17) is 0 Å². The van der Waals surface area contributed by atoms with Gasteiger partial charge in [0.1, 0.15) is 0 Å². The molecule has 0 saturated heterocycles. The first-order valence-corrected chi connectivity index (χ1v) is 6.03. The van der Waals surface area contributed by atoms with Gasteiger partial charge >= 0.3 is 5.97 Å². The van der Waals surface area contributed by atoms with Crippen LogP contribution in [0.2, 0.25) is 0 Å². The minimum absolute atomic E-state index is 0.102. The number of ether oxygens (including phenoxy) is 1. The van der Waals surface area contributed by atoms with Crippen molar-refractivity contribution < 1.29 is 9.53 Å². The van der Waals surface area contributed by atoms with Crippen molar-refractivity contribution in [3.8, 4) is 0 Å². The van der Waals surface area contributed by atoms with Crippen molar-refractivity contribution in [3.63, 3.8) is 0 Å². The Morgan fingerprint density at radius 3 is 2.41 bits per heavy atom. The number of nitrogens with one attached hydrogen (secondary N) is 1. The van der Waals surface area contributed by atoms with Crippen LogP contribution in [-0.2, 0) is 22.5 Å². The minimum atomic E-state index is -0.168. The van der Waals surface area contributed by atoms with Crippen molar-refractivity contribution in [2.45, 2.75) is 26.8 Å². The molecule has 0 aromatic heterocycles. The van der Waals surface area contributed by atoms with Crippen molar-refractivity contribution in [2.24, 2.45) is 5.92 Å². The van der Waals surface area contributed by atoms with Gasteiger partial charge in [-0.25, -0.2) is 0 Å². The van der Waals surface area contributed by atoms with Gasteiger partial charge in [0.15, 0.2) is 0 Å². The molecule has 1 aromatic carbocycles. The van der Waals surface area contributed by atoms with Gasteiger partial charge in [-0.15, -0.1) is 0 Å². The number of carbonyl (C=O) groups excluding carboxylic acids is 1. The van der Waals surface area contributed by atoms with Crippen LogP contribution < -0.4 is 5.32 Å². The Morgan fingerprint density at radius 1 is 1.29 bits per heavy atom. The fourth-order valence-corrected chi connectivity index (χ4v) is 1.61. The third-order valence-corrected chi connectivity index (χ3v) is 2.81. The fraction of sp³-hybridized carbons (Fsp3) is 0.500. The maximum absolute atomic E-state index is 11.2. The summed E-state index contributed by atoms with van der Waals surface area (Å²) in [6, 6.07) is 8.52. The monoisotopic (exact) mass is 235 g/mol. The zero-order valence-corrected chi connectivity index (χ0v) is 10.8. The second-order valence-corrected chi connectivity index (χ2v) is 4.23. The zero-order valence-electron chi connectivity index (χ0n) is 10.8. The summed E-state index contributed by atoms with van der Waals surface area (Å²) < 4.78 is 4.67. The molecule has 0 aliphatic rings. The molecule has 17 heavy (non-hydrogen) atoms. The maximum atomic E-state index is 11.2. The van der Waals surface area contributed by atoms with Crippen LogP contribution in [0.25, 0.3) is 0 Å². The Balaban J connectivity index is 2.33. The summed E-state index contributed by atoms with van der Waals surface area (Å²) >= 11 is 0. The van der Waals surface area contributed by atoms with E-state index in [2.05, 4.69) is 41.2 Å². The molecule has 1 unspecified atom stereocenters. The van der Waals surface area contributed by atoms with Crippen LogP contribution in [0.4, 0.5) is 0 Å². The Kier molecular flexibility index (Phi) is 5.70. The van der Waals surface area contributed by atoms with E-state index in [0.29, 0.717) is 6.54 Å². The highest BCUT2D eigenvalue weighted by Crippen LogP contribution is 2.05. The SMILES string of the molecule is CCc1ccc(CNCC(C)C(=O)OC)cc1. The topological polar surface area (TPSA) is 38.3 Å². The average Bonchev–Trinajstić information content (AvgIpc) is 2.38. The van der Waals surface area contributed by atoms with E-state index < -0.39 is 0 Å². The molecule has 1 aromatic rings. The Bertz CT molecular complexity index is 346. The summed E-state index contributed by atoms with van der Waals surface area (Å²) in [5.41, 5.74) is 2.58. The average molecular weight is 235 g/mol. The Hall–Kier alpha value is -1.35. The van der Waals surface area contributed by atoms with E-state index in [-0.39, 0.29) is 11.9 Å². The van der Waals surface area contributed by atoms with Crippen LogP contribution in [0.5, 0.6) is 0 Å². The van der Waals surface area contributed by atoms with Gasteiger partial charge in [0.05, 0.1) is 13.0 Å². The molecule has 0 heterocycles. The first-order chi connectivity index (χ1) is 8.17. The summed E-state index contributed by atoms with van der Waals surface area (Å²) in [4.78, 5) is 11.2. The predicted octanol–water partition coefficient (Wildman–Crippen LogP) is 2.15. The molecule has 0 aliphatic heterocycles. The molecule has 0 aliphatic carbocycles. The molecule has 0 amide bonds. The second kappa shape index (κ2) is 7.07. The number of methoxy groups -OCH3 is 1. The summed E-state index contributed by atoms with van der Waals surface area (Å²) in [5, 5.41) is 3.25. The standard InChI is InChI=1S/C14H21NO2/c1-4-12-5-7-13(8-6-12)10-15-9-11(2)14(16)17-3/h5-8,11,15H,4,9-10H2,1-3H3. The molecule has 3 heteroatoms. The van der Waals surface area contributed by atoms with E-state index in [1.54, 1.807) is 0 Å². The lowest BCUT2D eigenvalue weighted by Crippen LogP contribution is -2.26. The molecule has 94 valence electrons. The molecular weight excluding hydrogens is 214 g/mol. The van der Waals surface area contributed by atoms with E-state index >= 15 is 0 Å². The number of esters is 1. The highest BCUT2D eigenvalue weighted by molar-refractivity contribution is 5.72. The summed E-state index contributed by atoms with van der Waals surface area (Å²) in [6.07, 6.45) is 1.06. The van der Waals surface area contributed by atoms with Crippen LogP contribution in [-0.4, -0.2) is 19.6 Å². The van der Waals surface area contributed by atoms with Crippen molar-refractivity contribution in [1.29, 1.82) is 0 Å². The Labute approximate surface area is 103 Å².